The van der Waals surface area contributed by atoms with Crippen molar-refractivity contribution in [1.29, 1.82) is 0 Å². The first-order valence-electron chi connectivity index (χ1n) is 15.4. The fourth-order valence-corrected chi connectivity index (χ4v) is 7.09. The first-order valence-corrected chi connectivity index (χ1v) is 15.4. The van der Waals surface area contributed by atoms with Crippen LogP contribution in [0.4, 0.5) is 9.18 Å². The quantitative estimate of drug-likeness (QED) is 0.264. The molecule has 5 rings (SSSR count). The lowest BCUT2D eigenvalue weighted by atomic mass is 9.96. The number of piperidine rings is 1. The van der Waals surface area contributed by atoms with E-state index in [4.69, 9.17) is 4.74 Å². The number of likely N-dealkylation sites (tertiary alicyclic amines) is 1. The summed E-state index contributed by atoms with van der Waals surface area (Å²) in [6.07, 6.45) is 6.14. The first-order chi connectivity index (χ1) is 19.8. The van der Waals surface area contributed by atoms with Crippen molar-refractivity contribution in [1.82, 2.24) is 19.7 Å². The number of amides is 2. The van der Waals surface area contributed by atoms with Crippen LogP contribution in [0.15, 0.2) is 36.4 Å². The summed E-state index contributed by atoms with van der Waals surface area (Å²) in [5, 5.41) is 0. The van der Waals surface area contributed by atoms with Crippen LogP contribution < -0.4 is 0 Å². The van der Waals surface area contributed by atoms with E-state index in [0.29, 0.717) is 35.2 Å². The molecule has 222 valence electrons. The Morgan fingerprint density at radius 1 is 1.10 bits per heavy atom. The van der Waals surface area contributed by atoms with E-state index in [1.54, 1.807) is 13.8 Å². The standard InChI is InChI=1S/C33H45FN4O3/c1-23-20-31(34)35-25(3)32(23)30(39)11-7-8-24(2)36-16-12-28(13-17-36)38-29(27-9-5-4-6-10-27)22-37(33(38)40)21-26-14-18-41-19-15-26/h4-6,9-10,20,24,26,28-29H,7-8,11-19,21-22H2,1-3H3. The zero-order valence-corrected chi connectivity index (χ0v) is 24.9. The number of carbonyl (C=O) groups excluding carboxylic acids is 2. The van der Waals surface area contributed by atoms with E-state index < -0.39 is 5.95 Å². The Labute approximate surface area is 244 Å². The predicted octanol–water partition coefficient (Wildman–Crippen LogP) is 5.95. The zero-order chi connectivity index (χ0) is 28.9. The molecule has 3 fully saturated rings. The third-order valence-corrected chi connectivity index (χ3v) is 9.41. The minimum absolute atomic E-state index is 0.0446. The van der Waals surface area contributed by atoms with E-state index in [1.165, 1.54) is 11.6 Å². The van der Waals surface area contributed by atoms with Crippen molar-refractivity contribution in [2.45, 2.75) is 83.8 Å². The Hall–Kier alpha value is -2.84. The van der Waals surface area contributed by atoms with Crippen molar-refractivity contribution < 1.29 is 18.7 Å². The van der Waals surface area contributed by atoms with Crippen LogP contribution in [0.25, 0.3) is 0 Å². The van der Waals surface area contributed by atoms with Gasteiger partial charge in [-0.25, -0.2) is 9.78 Å². The number of aromatic nitrogens is 1. The van der Waals surface area contributed by atoms with Crippen molar-refractivity contribution in [3.05, 3.63) is 64.7 Å². The van der Waals surface area contributed by atoms with E-state index in [-0.39, 0.29) is 23.9 Å². The number of benzene rings is 1. The van der Waals surface area contributed by atoms with Crippen LogP contribution >= 0.6 is 0 Å². The molecule has 0 spiro atoms. The highest BCUT2D eigenvalue weighted by atomic mass is 19.1. The number of rotatable bonds is 10. The number of halogens is 1. The Balaban J connectivity index is 1.15. The number of carbonyl (C=O) groups is 2. The van der Waals surface area contributed by atoms with Gasteiger partial charge in [0.2, 0.25) is 5.95 Å². The second-order valence-electron chi connectivity index (χ2n) is 12.2. The highest BCUT2D eigenvalue weighted by Gasteiger charge is 2.43. The molecule has 2 amide bonds. The van der Waals surface area contributed by atoms with Crippen molar-refractivity contribution in [3.63, 3.8) is 0 Å². The smallest absolute Gasteiger partial charge is 0.320 e. The van der Waals surface area contributed by atoms with Gasteiger partial charge in [0.25, 0.3) is 0 Å². The number of Topliss-reactive ketones (excluding diaryl/α,β-unsaturated/α-hetero) is 1. The lowest BCUT2D eigenvalue weighted by Gasteiger charge is -2.41. The maximum absolute atomic E-state index is 13.8. The molecule has 8 heteroatoms. The van der Waals surface area contributed by atoms with Crippen molar-refractivity contribution in [3.8, 4) is 0 Å². The van der Waals surface area contributed by atoms with E-state index >= 15 is 0 Å². The molecule has 0 radical (unpaired) electrons. The number of hydrogen-bond donors (Lipinski definition) is 0. The Bertz CT molecular complexity index is 1170. The van der Waals surface area contributed by atoms with E-state index in [1.807, 2.05) is 6.07 Å². The maximum Gasteiger partial charge on any atom is 0.320 e. The third-order valence-electron chi connectivity index (χ3n) is 9.41. The molecule has 4 heterocycles. The molecule has 2 aromatic rings. The fraction of sp³-hybridized carbons (Fsp3) is 0.606. The highest BCUT2D eigenvalue weighted by Crippen LogP contribution is 2.36. The topological polar surface area (TPSA) is 66.0 Å². The molecule has 0 saturated carbocycles. The Morgan fingerprint density at radius 3 is 2.49 bits per heavy atom. The molecule has 7 nitrogen and oxygen atoms in total. The Kier molecular flexibility index (Phi) is 9.71. The van der Waals surface area contributed by atoms with Gasteiger partial charge in [0.05, 0.1) is 11.7 Å². The summed E-state index contributed by atoms with van der Waals surface area (Å²) in [6, 6.07) is 12.7. The van der Waals surface area contributed by atoms with Gasteiger partial charge in [-0.05, 0) is 82.4 Å². The fourth-order valence-electron chi connectivity index (χ4n) is 7.09. The van der Waals surface area contributed by atoms with Crippen LogP contribution in [-0.4, -0.2) is 83.0 Å². The number of ketones is 1. The number of urea groups is 1. The van der Waals surface area contributed by atoms with Crippen LogP contribution in [-0.2, 0) is 4.74 Å². The van der Waals surface area contributed by atoms with Crippen LogP contribution in [0.1, 0.15) is 85.1 Å². The minimum Gasteiger partial charge on any atom is -0.381 e. The monoisotopic (exact) mass is 564 g/mol. The molecular weight excluding hydrogens is 519 g/mol. The summed E-state index contributed by atoms with van der Waals surface area (Å²) in [7, 11) is 0. The number of hydrogen-bond acceptors (Lipinski definition) is 5. The summed E-state index contributed by atoms with van der Waals surface area (Å²) in [5.41, 5.74) is 2.91. The van der Waals surface area contributed by atoms with E-state index in [9.17, 15) is 14.0 Å². The maximum atomic E-state index is 13.8. The summed E-state index contributed by atoms with van der Waals surface area (Å²) >= 11 is 0. The summed E-state index contributed by atoms with van der Waals surface area (Å²) in [5.74, 6) is 0.0281. The van der Waals surface area contributed by atoms with E-state index in [0.717, 1.165) is 77.9 Å². The average Bonchev–Trinajstić information content (AvgIpc) is 3.29. The van der Waals surface area contributed by atoms with Crippen LogP contribution in [0, 0.1) is 25.7 Å². The molecule has 41 heavy (non-hydrogen) atoms. The number of pyridine rings is 1. The largest absolute Gasteiger partial charge is 0.381 e. The second kappa shape index (κ2) is 13.4. The zero-order valence-electron chi connectivity index (χ0n) is 24.9. The van der Waals surface area contributed by atoms with Crippen molar-refractivity contribution in [2.75, 3.05) is 39.4 Å². The van der Waals surface area contributed by atoms with E-state index in [2.05, 4.69) is 50.9 Å². The molecule has 2 atom stereocenters. The normalized spacial score (nSPS) is 22.0. The second-order valence-corrected chi connectivity index (χ2v) is 12.2. The average molecular weight is 565 g/mol. The van der Waals surface area contributed by atoms with Crippen molar-refractivity contribution >= 4 is 11.8 Å². The summed E-state index contributed by atoms with van der Waals surface area (Å²) < 4.78 is 19.1. The van der Waals surface area contributed by atoms with Crippen LogP contribution in [0.5, 0.6) is 0 Å². The molecule has 2 unspecified atom stereocenters. The molecular formula is C33H45FN4O3. The molecule has 0 N–H and O–H groups in total. The summed E-state index contributed by atoms with van der Waals surface area (Å²) in [6.45, 7) is 10.8. The van der Waals surface area contributed by atoms with Gasteiger partial charge >= 0.3 is 6.03 Å². The molecule has 0 aliphatic carbocycles. The van der Waals surface area contributed by atoms with Gasteiger partial charge in [-0.1, -0.05) is 30.3 Å². The Morgan fingerprint density at radius 2 is 1.80 bits per heavy atom. The lowest BCUT2D eigenvalue weighted by Crippen LogP contribution is -2.49. The SMILES string of the molecule is Cc1cc(F)nc(C)c1C(=O)CCCC(C)N1CCC(N2C(=O)N(CC3CCOCC3)CC2c2ccccc2)CC1. The van der Waals surface area contributed by atoms with Gasteiger partial charge in [0.1, 0.15) is 0 Å². The number of aryl methyl sites for hydroxylation is 2. The van der Waals surface area contributed by atoms with Crippen LogP contribution in [0.3, 0.4) is 0 Å². The van der Waals surface area contributed by atoms with Gasteiger partial charge in [0.15, 0.2) is 5.78 Å². The number of ether oxygens (including phenoxy) is 1. The van der Waals surface area contributed by atoms with Gasteiger partial charge in [-0.2, -0.15) is 4.39 Å². The van der Waals surface area contributed by atoms with Gasteiger partial charge < -0.3 is 19.4 Å². The molecule has 1 aromatic heterocycles. The third kappa shape index (κ3) is 6.97. The van der Waals surface area contributed by atoms with Gasteiger partial charge in [-0.15, -0.1) is 0 Å². The molecule has 3 aliphatic heterocycles. The molecule has 1 aromatic carbocycles. The molecule has 3 aliphatic rings. The predicted molar refractivity (Wildman–Crippen MR) is 157 cm³/mol. The first kappa shape index (κ1) is 29.6. The lowest BCUT2D eigenvalue weighted by molar-refractivity contribution is 0.0572. The van der Waals surface area contributed by atoms with Gasteiger partial charge in [0, 0.05) is 63.5 Å². The summed E-state index contributed by atoms with van der Waals surface area (Å²) in [4.78, 5) is 37.3. The number of nitrogens with zero attached hydrogens (tertiary/aromatic N) is 4. The molecule has 3 saturated heterocycles. The minimum atomic E-state index is -0.536. The highest BCUT2D eigenvalue weighted by molar-refractivity contribution is 5.98. The molecule has 0 bridgehead atoms. The van der Waals surface area contributed by atoms with Crippen molar-refractivity contribution in [2.24, 2.45) is 5.92 Å². The van der Waals surface area contributed by atoms with Gasteiger partial charge in [-0.3, -0.25) is 4.79 Å². The van der Waals surface area contributed by atoms with Crippen LogP contribution in [0.2, 0.25) is 0 Å².